The van der Waals surface area contributed by atoms with Crippen molar-refractivity contribution >= 4 is 23.1 Å². The number of benzene rings is 5. The number of fused-ring (bicyclic) bond motifs is 4. The summed E-state index contributed by atoms with van der Waals surface area (Å²) in [6.45, 7) is 13.0. The zero-order valence-corrected chi connectivity index (χ0v) is 33.1. The molecule has 2 aliphatic rings. The fourth-order valence-electron chi connectivity index (χ4n) is 6.98. The first-order chi connectivity index (χ1) is 25.2. The fourth-order valence-corrected chi connectivity index (χ4v) is 6.98. The van der Waals surface area contributed by atoms with Crippen molar-refractivity contribution in [3.63, 3.8) is 0 Å². The fraction of sp³-hybridized carbons (Fsp3) is 0.149. The number of ether oxygens (including phenoxy) is 2. The minimum atomic E-state index is 0. The van der Waals surface area contributed by atoms with Gasteiger partial charge in [0, 0.05) is 43.7 Å². The quantitative estimate of drug-likeness (QED) is 0.131. The normalized spacial score (nSPS) is 12.1. The smallest absolute Gasteiger partial charge is 0.241 e. The number of aromatic nitrogens is 2. The molecule has 0 unspecified atom stereocenters. The molecule has 1 radical (unpaired) electrons. The Morgan fingerprint density at radius 2 is 1.38 bits per heavy atom. The summed E-state index contributed by atoms with van der Waals surface area (Å²) in [5, 5.41) is 0. The molecule has 4 nitrogen and oxygen atoms in total. The van der Waals surface area contributed by atoms with E-state index in [9.17, 15) is 0 Å². The number of aryl methyl sites for hydroxylation is 3. The molecule has 5 aromatic carbocycles. The Labute approximate surface area is 326 Å². The third kappa shape index (κ3) is 6.98. The van der Waals surface area contributed by atoms with Crippen LogP contribution in [0.2, 0.25) is 0 Å². The Hall–Kier alpha value is -5.29. The molecular formula is C47H39BIrN2O2-2. The van der Waals surface area contributed by atoms with Gasteiger partial charge >= 0.3 is 0 Å². The van der Waals surface area contributed by atoms with Gasteiger partial charge in [-0.15, -0.1) is 53.0 Å². The molecule has 263 valence electrons. The molecule has 2 aromatic heterocycles. The summed E-state index contributed by atoms with van der Waals surface area (Å²) in [6, 6.07) is 46.2. The molecule has 7 aromatic rings. The van der Waals surface area contributed by atoms with Crippen LogP contribution in [0.1, 0.15) is 43.0 Å². The van der Waals surface area contributed by atoms with Crippen LogP contribution in [-0.2, 0) is 25.5 Å². The molecule has 0 saturated heterocycles. The number of pyridine rings is 2. The van der Waals surface area contributed by atoms with Gasteiger partial charge in [0.2, 0.25) is 6.71 Å². The predicted molar refractivity (Wildman–Crippen MR) is 213 cm³/mol. The zero-order valence-electron chi connectivity index (χ0n) is 30.7. The van der Waals surface area contributed by atoms with E-state index in [0.29, 0.717) is 0 Å². The minimum Gasteiger partial charge on any atom is -0.503 e. The summed E-state index contributed by atoms with van der Waals surface area (Å²) in [5.41, 5.74) is 14.6. The van der Waals surface area contributed by atoms with Gasteiger partial charge in [0.05, 0.1) is 0 Å². The van der Waals surface area contributed by atoms with Crippen LogP contribution in [0.3, 0.4) is 0 Å². The molecule has 0 amide bonds. The van der Waals surface area contributed by atoms with Crippen LogP contribution in [-0.4, -0.2) is 16.7 Å². The summed E-state index contributed by atoms with van der Waals surface area (Å²) in [6.07, 6.45) is 3.81. The Morgan fingerprint density at radius 3 is 2.15 bits per heavy atom. The molecule has 0 aliphatic carbocycles. The van der Waals surface area contributed by atoms with Crippen molar-refractivity contribution in [2.45, 2.75) is 47.0 Å². The summed E-state index contributed by atoms with van der Waals surface area (Å²) >= 11 is 0. The third-order valence-corrected chi connectivity index (χ3v) is 10.0. The zero-order chi connectivity index (χ0) is 36.0. The predicted octanol–water partition coefficient (Wildman–Crippen LogP) is 9.71. The maximum absolute atomic E-state index is 6.50. The SMILES string of the molecule is CC(C)(C)c1ccnc(-c2[c-]ccc3c2Oc2cccc4c2B3c2ccccc2O4)c1.Cc1cnc(-c2[c-]cc(C)c(-c3ccccc3)c2)cc1C.[Ir]. The molecule has 53 heavy (non-hydrogen) atoms. The number of rotatable bonds is 3. The Kier molecular flexibility index (Phi) is 9.96. The van der Waals surface area contributed by atoms with E-state index in [1.165, 1.54) is 33.4 Å². The largest absolute Gasteiger partial charge is 0.503 e. The van der Waals surface area contributed by atoms with E-state index in [1.807, 2.05) is 54.9 Å². The first-order valence-electron chi connectivity index (χ1n) is 17.8. The second kappa shape index (κ2) is 14.6. The van der Waals surface area contributed by atoms with Gasteiger partial charge in [-0.2, -0.15) is 0 Å². The van der Waals surface area contributed by atoms with Crippen molar-refractivity contribution in [3.8, 4) is 56.6 Å². The Balaban J connectivity index is 0.000000174. The van der Waals surface area contributed by atoms with Crippen molar-refractivity contribution in [3.05, 3.63) is 162 Å². The maximum atomic E-state index is 6.50. The number of hydrogen-bond acceptors (Lipinski definition) is 4. The van der Waals surface area contributed by atoms with Gasteiger partial charge < -0.3 is 19.4 Å². The van der Waals surface area contributed by atoms with E-state index in [0.717, 1.165) is 61.9 Å². The second-order valence-corrected chi connectivity index (χ2v) is 14.6. The molecule has 4 heterocycles. The van der Waals surface area contributed by atoms with Gasteiger partial charge in [-0.05, 0) is 77.1 Å². The molecule has 2 aliphatic heterocycles. The average Bonchev–Trinajstić information content (AvgIpc) is 3.16. The number of hydrogen-bond donors (Lipinski definition) is 0. The van der Waals surface area contributed by atoms with Gasteiger partial charge in [0.15, 0.2) is 0 Å². The third-order valence-electron chi connectivity index (χ3n) is 10.0. The number of para-hydroxylation sites is 1. The molecule has 0 atom stereocenters. The Bertz CT molecular complexity index is 2460. The van der Waals surface area contributed by atoms with Gasteiger partial charge in [-0.25, -0.2) is 0 Å². The molecule has 0 spiro atoms. The minimum absolute atomic E-state index is 0. The Morgan fingerprint density at radius 1 is 0.642 bits per heavy atom. The van der Waals surface area contributed by atoms with Crippen LogP contribution in [0.15, 0.2) is 128 Å². The standard InChI is InChI=1S/C27H21BNO2.C20H18N.Ir/c1-27(2,3)17-14-15-29-21(16-17)18-8-6-10-20-26(18)31-24-13-7-12-23-25(24)28(20)19-9-4-5-11-22(19)30-23;1-14-9-10-18(20-11-15(2)16(3)13-21-20)12-19(14)17-7-5-4-6-8-17;/h4-7,9-16H,1-3H3;4-9,11-13H,1-3H3;/q2*-1;. The van der Waals surface area contributed by atoms with E-state index in [2.05, 4.69) is 136 Å². The summed E-state index contributed by atoms with van der Waals surface area (Å²) in [5.74, 6) is 3.41. The van der Waals surface area contributed by atoms with Crippen LogP contribution < -0.4 is 25.9 Å². The average molecular weight is 867 g/mol. The van der Waals surface area contributed by atoms with E-state index in [1.54, 1.807) is 0 Å². The van der Waals surface area contributed by atoms with E-state index in [4.69, 9.17) is 9.47 Å². The van der Waals surface area contributed by atoms with Crippen LogP contribution >= 0.6 is 0 Å². The van der Waals surface area contributed by atoms with E-state index >= 15 is 0 Å². The van der Waals surface area contributed by atoms with Crippen LogP contribution in [0.25, 0.3) is 33.6 Å². The van der Waals surface area contributed by atoms with Gasteiger partial charge in [-0.3, -0.25) is 0 Å². The summed E-state index contributed by atoms with van der Waals surface area (Å²) < 4.78 is 12.7. The first kappa shape index (κ1) is 36.1. The summed E-state index contributed by atoms with van der Waals surface area (Å²) in [7, 11) is 0. The van der Waals surface area contributed by atoms with Crippen molar-refractivity contribution in [1.82, 2.24) is 9.97 Å². The second-order valence-electron chi connectivity index (χ2n) is 14.6. The molecule has 9 rings (SSSR count). The van der Waals surface area contributed by atoms with Crippen molar-refractivity contribution in [1.29, 1.82) is 0 Å². The monoisotopic (exact) mass is 867 g/mol. The number of nitrogens with zero attached hydrogens (tertiary/aromatic N) is 2. The molecule has 0 N–H and O–H groups in total. The molecule has 6 heteroatoms. The van der Waals surface area contributed by atoms with Crippen LogP contribution in [0.5, 0.6) is 23.0 Å². The first-order valence-corrected chi connectivity index (χ1v) is 17.8. The molecule has 0 fully saturated rings. The van der Waals surface area contributed by atoms with Crippen molar-refractivity contribution in [2.75, 3.05) is 0 Å². The van der Waals surface area contributed by atoms with Crippen molar-refractivity contribution in [2.24, 2.45) is 0 Å². The van der Waals surface area contributed by atoms with E-state index in [-0.39, 0.29) is 32.2 Å². The summed E-state index contributed by atoms with van der Waals surface area (Å²) in [4.78, 5) is 9.22. The maximum Gasteiger partial charge on any atom is 0.241 e. The van der Waals surface area contributed by atoms with Gasteiger partial charge in [-0.1, -0.05) is 111 Å². The topological polar surface area (TPSA) is 44.2 Å². The molecule has 0 saturated carbocycles. The molecule has 0 bridgehead atoms. The van der Waals surface area contributed by atoms with Gasteiger partial charge in [0.25, 0.3) is 0 Å². The molecular weight excluding hydrogens is 828 g/mol. The van der Waals surface area contributed by atoms with Crippen LogP contribution in [0.4, 0.5) is 0 Å². The van der Waals surface area contributed by atoms with Crippen molar-refractivity contribution < 1.29 is 29.6 Å². The van der Waals surface area contributed by atoms with E-state index < -0.39 is 0 Å². The van der Waals surface area contributed by atoms with Crippen LogP contribution in [0, 0.1) is 32.9 Å². The van der Waals surface area contributed by atoms with Gasteiger partial charge in [0.1, 0.15) is 17.2 Å².